The number of benzene rings is 2. The molecule has 2 heterocycles. The number of aromatic amines is 1. The van der Waals surface area contributed by atoms with E-state index in [-0.39, 0.29) is 4.90 Å². The number of nitrogens with zero attached hydrogens (tertiary/aromatic N) is 2. The van der Waals surface area contributed by atoms with Crippen LogP contribution in [0, 0.1) is 13.8 Å². The molecule has 1 saturated heterocycles. The van der Waals surface area contributed by atoms with Crippen LogP contribution in [0.4, 0.5) is 0 Å². The van der Waals surface area contributed by atoms with Gasteiger partial charge < -0.3 is 9.72 Å². The Hall–Kier alpha value is -1.39. The summed E-state index contributed by atoms with van der Waals surface area (Å²) in [5, 5.41) is 0. The summed E-state index contributed by atoms with van der Waals surface area (Å²) in [6.07, 6.45) is 0. The second kappa shape index (κ2) is 8.39. The molecule has 1 aromatic heterocycles. The summed E-state index contributed by atoms with van der Waals surface area (Å²) < 4.78 is 33.6. The predicted molar refractivity (Wildman–Crippen MR) is 119 cm³/mol. The molecule has 0 aliphatic carbocycles. The third-order valence-electron chi connectivity index (χ3n) is 4.93. The van der Waals surface area contributed by atoms with Crippen molar-refractivity contribution >= 4 is 48.7 Å². The Morgan fingerprint density at radius 1 is 1.17 bits per heavy atom. The Balaban J connectivity index is 1.55. The Morgan fingerprint density at radius 2 is 1.93 bits per heavy atom. The van der Waals surface area contributed by atoms with E-state index in [1.807, 2.05) is 0 Å². The van der Waals surface area contributed by atoms with Gasteiger partial charge in [-0.1, -0.05) is 15.9 Å². The lowest BCUT2D eigenvalue weighted by molar-refractivity contribution is 0.0730. The van der Waals surface area contributed by atoms with E-state index in [1.165, 1.54) is 20.3 Å². The van der Waals surface area contributed by atoms with Crippen LogP contribution in [0.2, 0.25) is 0 Å². The number of ether oxygens (including phenoxy) is 1. The van der Waals surface area contributed by atoms with Crippen molar-refractivity contribution in [1.29, 1.82) is 0 Å². The summed E-state index contributed by atoms with van der Waals surface area (Å²) >= 11 is 5.28. The molecule has 1 fully saturated rings. The van der Waals surface area contributed by atoms with Crippen LogP contribution in [0.15, 0.2) is 44.6 Å². The van der Waals surface area contributed by atoms with Gasteiger partial charge in [0, 0.05) is 22.5 Å². The fourth-order valence-electron chi connectivity index (χ4n) is 3.26. The summed E-state index contributed by atoms with van der Waals surface area (Å²) in [5.74, 6) is 1.51. The first-order chi connectivity index (χ1) is 13.8. The zero-order chi connectivity index (χ0) is 20.6. The number of fused-ring (bicyclic) bond motifs is 1. The normalized spacial score (nSPS) is 15.8. The molecule has 1 aliphatic rings. The van der Waals surface area contributed by atoms with Crippen molar-refractivity contribution in [2.75, 3.05) is 26.3 Å². The zero-order valence-corrected chi connectivity index (χ0v) is 19.5. The maximum atomic E-state index is 12.9. The van der Waals surface area contributed by atoms with Crippen LogP contribution in [0.5, 0.6) is 0 Å². The molecular formula is C20H22BrN3O3S2. The predicted octanol–water partition coefficient (Wildman–Crippen LogP) is 4.26. The van der Waals surface area contributed by atoms with Crippen LogP contribution in [0.3, 0.4) is 0 Å². The monoisotopic (exact) mass is 495 g/mol. The molecule has 2 aromatic carbocycles. The number of imidazole rings is 1. The number of hydrogen-bond acceptors (Lipinski definition) is 5. The Morgan fingerprint density at radius 3 is 2.69 bits per heavy atom. The van der Waals surface area contributed by atoms with Gasteiger partial charge in [0.2, 0.25) is 10.0 Å². The second-order valence-electron chi connectivity index (χ2n) is 7.03. The Kier molecular flexibility index (Phi) is 6.04. The molecular weight excluding hydrogens is 474 g/mol. The minimum Gasteiger partial charge on any atom is -0.379 e. The summed E-state index contributed by atoms with van der Waals surface area (Å²) in [5.41, 5.74) is 3.91. The molecule has 0 saturated carbocycles. The molecule has 1 aliphatic heterocycles. The molecule has 0 radical (unpaired) electrons. The van der Waals surface area contributed by atoms with Crippen molar-refractivity contribution in [3.8, 4) is 0 Å². The van der Waals surface area contributed by atoms with Gasteiger partial charge in [-0.3, -0.25) is 0 Å². The molecule has 0 unspecified atom stereocenters. The van der Waals surface area contributed by atoms with Crippen LogP contribution in [0.1, 0.15) is 17.0 Å². The van der Waals surface area contributed by atoms with E-state index >= 15 is 0 Å². The van der Waals surface area contributed by atoms with Gasteiger partial charge in [0.1, 0.15) is 5.82 Å². The number of nitrogens with one attached hydrogen (secondary N) is 1. The van der Waals surface area contributed by atoms with Crippen LogP contribution in [-0.4, -0.2) is 49.0 Å². The van der Waals surface area contributed by atoms with Crippen LogP contribution < -0.4 is 0 Å². The third-order valence-corrected chi connectivity index (χ3v) is 8.85. The molecule has 1 N–H and O–H groups in total. The van der Waals surface area contributed by atoms with Gasteiger partial charge in [0.25, 0.3) is 0 Å². The number of H-pyrrole nitrogens is 1. The first-order valence-corrected chi connectivity index (χ1v) is 12.5. The molecule has 3 aromatic rings. The number of halogens is 1. The molecule has 0 bridgehead atoms. The lowest BCUT2D eigenvalue weighted by atomic mass is 10.2. The van der Waals surface area contributed by atoms with Crippen molar-refractivity contribution in [3.05, 3.63) is 51.8 Å². The smallest absolute Gasteiger partial charge is 0.243 e. The van der Waals surface area contributed by atoms with E-state index in [4.69, 9.17) is 4.74 Å². The molecule has 0 atom stereocenters. The number of sulfonamides is 1. The van der Waals surface area contributed by atoms with Gasteiger partial charge >= 0.3 is 0 Å². The van der Waals surface area contributed by atoms with Crippen molar-refractivity contribution in [3.63, 3.8) is 0 Å². The van der Waals surface area contributed by atoms with E-state index in [0.29, 0.717) is 32.1 Å². The number of aromatic nitrogens is 2. The molecule has 29 heavy (non-hydrogen) atoms. The first-order valence-electron chi connectivity index (χ1n) is 9.31. The molecule has 9 heteroatoms. The highest BCUT2D eigenvalue weighted by Crippen LogP contribution is 2.31. The first kappa shape index (κ1) is 20.9. The largest absolute Gasteiger partial charge is 0.379 e. The fraction of sp³-hybridized carbons (Fsp3) is 0.350. The Labute approximate surface area is 183 Å². The van der Waals surface area contributed by atoms with Gasteiger partial charge in [-0.15, -0.1) is 11.8 Å². The summed E-state index contributed by atoms with van der Waals surface area (Å²) in [6, 6.07) is 9.37. The van der Waals surface area contributed by atoms with E-state index in [2.05, 4.69) is 51.9 Å². The number of morpholine rings is 1. The van der Waals surface area contributed by atoms with Crippen LogP contribution in [0.25, 0.3) is 11.0 Å². The molecule has 0 amide bonds. The third kappa shape index (κ3) is 4.39. The number of hydrogen-bond donors (Lipinski definition) is 1. The zero-order valence-electron chi connectivity index (χ0n) is 16.2. The van der Waals surface area contributed by atoms with Gasteiger partial charge in [-0.25, -0.2) is 13.4 Å². The number of rotatable bonds is 5. The highest BCUT2D eigenvalue weighted by molar-refractivity contribution is 9.10. The van der Waals surface area contributed by atoms with Crippen molar-refractivity contribution in [2.24, 2.45) is 0 Å². The summed E-state index contributed by atoms with van der Waals surface area (Å²) in [6.45, 7) is 5.80. The number of thioether (sulfide) groups is 1. The average Bonchev–Trinajstić information content (AvgIpc) is 3.12. The highest BCUT2D eigenvalue weighted by atomic mass is 79.9. The maximum Gasteiger partial charge on any atom is 0.243 e. The van der Waals surface area contributed by atoms with Gasteiger partial charge in [-0.2, -0.15) is 4.31 Å². The van der Waals surface area contributed by atoms with E-state index in [9.17, 15) is 8.42 Å². The topological polar surface area (TPSA) is 75.3 Å². The minimum atomic E-state index is -3.52. The minimum absolute atomic E-state index is 0.286. The number of aryl methyl sites for hydroxylation is 2. The standard InChI is InChI=1S/C20H22BrN3O3S2/c1-13-10-19(14(2)9-16(13)21)28-12-20-22-17-4-3-15(11-18(17)23-20)29(25,26)24-5-7-27-8-6-24/h3-4,9-11H,5-8,12H2,1-2H3,(H,22,23). The summed E-state index contributed by atoms with van der Waals surface area (Å²) in [7, 11) is -3.52. The maximum absolute atomic E-state index is 12.9. The summed E-state index contributed by atoms with van der Waals surface area (Å²) in [4.78, 5) is 9.39. The SMILES string of the molecule is Cc1cc(SCc2nc3ccc(S(=O)(=O)N4CCOCC4)cc3[nH]2)c(C)cc1Br. The van der Waals surface area contributed by atoms with Gasteiger partial charge in [0.05, 0.1) is 34.9 Å². The lowest BCUT2D eigenvalue weighted by Gasteiger charge is -2.25. The average molecular weight is 496 g/mol. The van der Waals surface area contributed by atoms with E-state index < -0.39 is 10.0 Å². The molecule has 6 nitrogen and oxygen atoms in total. The quantitative estimate of drug-likeness (QED) is 0.535. The van der Waals surface area contributed by atoms with Crippen molar-refractivity contribution in [1.82, 2.24) is 14.3 Å². The van der Waals surface area contributed by atoms with E-state index in [0.717, 1.165) is 21.3 Å². The van der Waals surface area contributed by atoms with Crippen molar-refractivity contribution < 1.29 is 13.2 Å². The van der Waals surface area contributed by atoms with Crippen molar-refractivity contribution in [2.45, 2.75) is 29.4 Å². The van der Waals surface area contributed by atoms with Crippen LogP contribution >= 0.6 is 27.7 Å². The molecule has 4 rings (SSSR count). The lowest BCUT2D eigenvalue weighted by Crippen LogP contribution is -2.40. The fourth-order valence-corrected chi connectivity index (χ4v) is 6.13. The van der Waals surface area contributed by atoms with E-state index in [1.54, 1.807) is 30.0 Å². The van der Waals surface area contributed by atoms with Gasteiger partial charge in [0.15, 0.2) is 0 Å². The Bertz CT molecular complexity index is 1160. The van der Waals surface area contributed by atoms with Gasteiger partial charge in [-0.05, 0) is 55.3 Å². The molecule has 154 valence electrons. The second-order valence-corrected chi connectivity index (χ2v) is 10.8. The molecule has 0 spiro atoms. The van der Waals surface area contributed by atoms with Crippen LogP contribution in [-0.2, 0) is 20.5 Å². The highest BCUT2D eigenvalue weighted by Gasteiger charge is 2.26.